The molecule has 1 fully saturated rings. The molecule has 0 bridgehead atoms. The van der Waals surface area contributed by atoms with E-state index in [1.54, 1.807) is 18.2 Å². The molecule has 2 N–H and O–H groups in total. The fourth-order valence-corrected chi connectivity index (χ4v) is 3.60. The predicted molar refractivity (Wildman–Crippen MR) is 112 cm³/mol. The maximum atomic E-state index is 14.4. The third-order valence-electron chi connectivity index (χ3n) is 5.50. The van der Waals surface area contributed by atoms with E-state index < -0.39 is 0 Å². The van der Waals surface area contributed by atoms with Gasteiger partial charge < -0.3 is 15.1 Å². The molecular weight excluding hydrogens is 371 g/mol. The number of anilines is 1. The minimum Gasteiger partial charge on any atom is -0.504 e. The van der Waals surface area contributed by atoms with Crippen molar-refractivity contribution in [3.05, 3.63) is 52.8 Å². The van der Waals surface area contributed by atoms with Gasteiger partial charge in [0.2, 0.25) is 0 Å². The van der Waals surface area contributed by atoms with E-state index in [0.29, 0.717) is 49.5 Å². The minimum absolute atomic E-state index is 0.0775. The molecule has 0 aliphatic carbocycles. The maximum absolute atomic E-state index is 14.4. The molecule has 1 aliphatic heterocycles. The number of carbonyl (C=O) groups excluding carboxylic acids is 1. The quantitative estimate of drug-likeness (QED) is 0.599. The van der Waals surface area contributed by atoms with Crippen LogP contribution in [-0.2, 0) is 12.0 Å². The van der Waals surface area contributed by atoms with Crippen LogP contribution in [0.2, 0.25) is 0 Å². The number of hydrogen-bond donors (Lipinski definition) is 2. The molecule has 5 nitrogen and oxygen atoms in total. The number of phenolic OH excluding ortho intramolecular Hbond substituents is 2. The molecular formula is C23H29FN2O3. The Balaban J connectivity index is 1.69. The Bertz CT molecular complexity index is 913. The summed E-state index contributed by atoms with van der Waals surface area (Å²) in [5.74, 6) is -0.711. The Morgan fingerprint density at radius 3 is 2.28 bits per heavy atom. The number of phenols is 2. The molecule has 0 aromatic heterocycles. The normalized spacial score (nSPS) is 15.6. The number of rotatable bonds is 4. The summed E-state index contributed by atoms with van der Waals surface area (Å²) in [5, 5.41) is 20.4. The summed E-state index contributed by atoms with van der Waals surface area (Å²) >= 11 is 0. The van der Waals surface area contributed by atoms with Crippen LogP contribution in [0.4, 0.5) is 10.1 Å². The second-order valence-electron chi connectivity index (χ2n) is 8.74. The van der Waals surface area contributed by atoms with Crippen LogP contribution in [0.5, 0.6) is 11.5 Å². The van der Waals surface area contributed by atoms with Crippen molar-refractivity contribution in [3.63, 3.8) is 0 Å². The zero-order chi connectivity index (χ0) is 21.3. The molecule has 1 heterocycles. The van der Waals surface area contributed by atoms with Crippen LogP contribution >= 0.6 is 0 Å². The Kier molecular flexibility index (Phi) is 5.85. The number of carbonyl (C=O) groups is 1. The van der Waals surface area contributed by atoms with Crippen molar-refractivity contribution in [1.82, 2.24) is 4.90 Å². The molecule has 156 valence electrons. The molecule has 2 aromatic rings. The molecule has 0 unspecified atom stereocenters. The monoisotopic (exact) mass is 400 g/mol. The average Bonchev–Trinajstić information content (AvgIpc) is 2.65. The van der Waals surface area contributed by atoms with Crippen LogP contribution in [0.15, 0.2) is 30.3 Å². The SMILES string of the molecule is CC(=O)c1ccc(N2CCN(Cc3cc(C(C)(C)C)cc(O)c3O)CC2)c(F)c1. The largest absolute Gasteiger partial charge is 0.504 e. The third kappa shape index (κ3) is 4.70. The standard InChI is InChI=1S/C23H29FN2O3/c1-15(27)16-5-6-20(19(24)12-16)26-9-7-25(8-10-26)14-17-11-18(23(2,3)4)13-21(28)22(17)29/h5-6,11-13,28-29H,7-10,14H2,1-4H3. The van der Waals surface area contributed by atoms with E-state index in [9.17, 15) is 19.4 Å². The van der Waals surface area contributed by atoms with Gasteiger partial charge in [-0.1, -0.05) is 26.8 Å². The van der Waals surface area contributed by atoms with Crippen molar-refractivity contribution in [3.8, 4) is 11.5 Å². The lowest BCUT2D eigenvalue weighted by Crippen LogP contribution is -2.46. The van der Waals surface area contributed by atoms with E-state index in [2.05, 4.69) is 25.7 Å². The minimum atomic E-state index is -0.383. The Morgan fingerprint density at radius 2 is 1.72 bits per heavy atom. The van der Waals surface area contributed by atoms with E-state index in [0.717, 1.165) is 5.56 Å². The molecule has 0 amide bonds. The highest BCUT2D eigenvalue weighted by atomic mass is 19.1. The van der Waals surface area contributed by atoms with Crippen LogP contribution in [-0.4, -0.2) is 47.1 Å². The first-order chi connectivity index (χ1) is 13.6. The summed E-state index contributed by atoms with van der Waals surface area (Å²) in [7, 11) is 0. The fourth-order valence-electron chi connectivity index (χ4n) is 3.60. The zero-order valence-corrected chi connectivity index (χ0v) is 17.5. The van der Waals surface area contributed by atoms with Crippen LogP contribution in [0.1, 0.15) is 49.2 Å². The predicted octanol–water partition coefficient (Wildman–Crippen LogP) is 4.06. The molecule has 0 atom stereocenters. The van der Waals surface area contributed by atoms with Gasteiger partial charge in [-0.3, -0.25) is 9.69 Å². The van der Waals surface area contributed by atoms with Crippen LogP contribution in [0.3, 0.4) is 0 Å². The molecule has 1 aliphatic rings. The smallest absolute Gasteiger partial charge is 0.162 e. The lowest BCUT2D eigenvalue weighted by atomic mass is 9.85. The first kappa shape index (κ1) is 21.1. The van der Waals surface area contributed by atoms with Crippen molar-refractivity contribution in [2.75, 3.05) is 31.1 Å². The highest BCUT2D eigenvalue weighted by Crippen LogP contribution is 2.36. The zero-order valence-electron chi connectivity index (χ0n) is 17.5. The molecule has 3 rings (SSSR count). The lowest BCUT2D eigenvalue weighted by Gasteiger charge is -2.36. The topological polar surface area (TPSA) is 64.0 Å². The molecule has 0 radical (unpaired) electrons. The second kappa shape index (κ2) is 8.03. The van der Waals surface area contributed by atoms with E-state index in [1.165, 1.54) is 13.0 Å². The van der Waals surface area contributed by atoms with Gasteiger partial charge in [0, 0.05) is 43.9 Å². The van der Waals surface area contributed by atoms with Gasteiger partial charge in [-0.25, -0.2) is 4.39 Å². The molecule has 0 spiro atoms. The van der Waals surface area contributed by atoms with Crippen molar-refractivity contribution in [2.45, 2.75) is 39.7 Å². The van der Waals surface area contributed by atoms with Gasteiger partial charge in [-0.2, -0.15) is 0 Å². The maximum Gasteiger partial charge on any atom is 0.162 e. The number of piperazine rings is 1. The van der Waals surface area contributed by atoms with Gasteiger partial charge in [0.05, 0.1) is 5.69 Å². The van der Waals surface area contributed by atoms with Gasteiger partial charge in [-0.15, -0.1) is 0 Å². The summed E-state index contributed by atoms with van der Waals surface area (Å²) in [6, 6.07) is 8.18. The summed E-state index contributed by atoms with van der Waals surface area (Å²) in [5.41, 5.74) is 2.40. The van der Waals surface area contributed by atoms with Crippen molar-refractivity contribution >= 4 is 11.5 Å². The number of Topliss-reactive ketones (excluding diaryl/α,β-unsaturated/α-hetero) is 1. The van der Waals surface area contributed by atoms with Crippen LogP contribution in [0, 0.1) is 5.82 Å². The third-order valence-corrected chi connectivity index (χ3v) is 5.50. The average molecular weight is 400 g/mol. The summed E-state index contributed by atoms with van der Waals surface area (Å²) in [4.78, 5) is 15.6. The first-order valence-electron chi connectivity index (χ1n) is 9.89. The van der Waals surface area contributed by atoms with Crippen molar-refractivity contribution in [1.29, 1.82) is 0 Å². The number of benzene rings is 2. The molecule has 29 heavy (non-hydrogen) atoms. The molecule has 1 saturated heterocycles. The Morgan fingerprint density at radius 1 is 1.07 bits per heavy atom. The number of aromatic hydroxyl groups is 2. The van der Waals surface area contributed by atoms with Crippen molar-refractivity contribution < 1.29 is 19.4 Å². The number of halogens is 1. The number of nitrogens with zero attached hydrogens (tertiary/aromatic N) is 2. The van der Waals surface area contributed by atoms with E-state index in [1.807, 2.05) is 11.0 Å². The summed E-state index contributed by atoms with van der Waals surface area (Å²) < 4.78 is 14.4. The summed E-state index contributed by atoms with van der Waals surface area (Å²) in [6.45, 7) is 10.8. The van der Waals surface area contributed by atoms with Gasteiger partial charge in [0.25, 0.3) is 0 Å². The Hall–Kier alpha value is -2.60. The van der Waals surface area contributed by atoms with Gasteiger partial charge in [0.15, 0.2) is 17.3 Å². The van der Waals surface area contributed by atoms with Gasteiger partial charge in [-0.05, 0) is 42.2 Å². The van der Waals surface area contributed by atoms with E-state index in [4.69, 9.17) is 0 Å². The summed E-state index contributed by atoms with van der Waals surface area (Å²) in [6.07, 6.45) is 0. The lowest BCUT2D eigenvalue weighted by molar-refractivity contribution is 0.101. The second-order valence-corrected chi connectivity index (χ2v) is 8.74. The van der Waals surface area contributed by atoms with Crippen LogP contribution < -0.4 is 4.90 Å². The van der Waals surface area contributed by atoms with Gasteiger partial charge >= 0.3 is 0 Å². The van der Waals surface area contributed by atoms with Crippen LogP contribution in [0.25, 0.3) is 0 Å². The first-order valence-corrected chi connectivity index (χ1v) is 9.89. The van der Waals surface area contributed by atoms with Crippen molar-refractivity contribution in [2.24, 2.45) is 0 Å². The molecule has 6 heteroatoms. The number of ketones is 1. The molecule has 0 saturated carbocycles. The highest BCUT2D eigenvalue weighted by Gasteiger charge is 2.23. The number of hydrogen-bond acceptors (Lipinski definition) is 5. The highest BCUT2D eigenvalue weighted by molar-refractivity contribution is 5.94. The molecule has 2 aromatic carbocycles. The van der Waals surface area contributed by atoms with Gasteiger partial charge in [0.1, 0.15) is 5.82 Å². The van der Waals surface area contributed by atoms with E-state index in [-0.39, 0.29) is 28.5 Å². The Labute approximate surface area is 171 Å². The fraction of sp³-hybridized carbons (Fsp3) is 0.435. The van der Waals surface area contributed by atoms with E-state index >= 15 is 0 Å².